The van der Waals surface area contributed by atoms with Crippen molar-refractivity contribution in [2.75, 3.05) is 19.7 Å². The number of hydrogen-bond donors (Lipinski definition) is 2. The molecule has 1 atom stereocenters. The van der Waals surface area contributed by atoms with E-state index in [1.54, 1.807) is 0 Å². The molecule has 0 spiro atoms. The summed E-state index contributed by atoms with van der Waals surface area (Å²) < 4.78 is 5.65. The van der Waals surface area contributed by atoms with Crippen molar-refractivity contribution in [1.29, 1.82) is 0 Å². The van der Waals surface area contributed by atoms with Crippen molar-refractivity contribution in [2.24, 2.45) is 5.73 Å². The summed E-state index contributed by atoms with van der Waals surface area (Å²) in [5, 5.41) is 10.1. The molecular weight excluding hydrogens is 268 g/mol. The Morgan fingerprint density at radius 3 is 2.57 bits per heavy atom. The number of aliphatic hydroxyl groups excluding tert-OH is 1. The Morgan fingerprint density at radius 2 is 2.05 bits per heavy atom. The molecular formula is C16H26N2O3. The third-order valence-electron chi connectivity index (χ3n) is 3.30. The number of carbonyl (C=O) groups excluding carboxylic acids is 1. The highest BCUT2D eigenvalue weighted by Crippen LogP contribution is 2.18. The minimum Gasteiger partial charge on any atom is -0.491 e. The van der Waals surface area contributed by atoms with E-state index in [2.05, 4.69) is 0 Å². The number of benzene rings is 1. The highest BCUT2D eigenvalue weighted by atomic mass is 16.5. The highest BCUT2D eigenvalue weighted by molar-refractivity contribution is 5.75. The molecule has 0 bridgehead atoms. The number of primary amides is 1. The van der Waals surface area contributed by atoms with Gasteiger partial charge in [-0.15, -0.1) is 0 Å². The first-order valence-corrected chi connectivity index (χ1v) is 7.20. The maximum atomic E-state index is 11.0. The fraction of sp³-hybridized carbons (Fsp3) is 0.562. The van der Waals surface area contributed by atoms with Crippen LogP contribution < -0.4 is 10.5 Å². The largest absolute Gasteiger partial charge is 0.491 e. The van der Waals surface area contributed by atoms with E-state index >= 15 is 0 Å². The number of rotatable bonds is 8. The lowest BCUT2D eigenvalue weighted by Gasteiger charge is -2.27. The predicted molar refractivity (Wildman–Crippen MR) is 83.3 cm³/mol. The van der Waals surface area contributed by atoms with Crippen molar-refractivity contribution in [1.82, 2.24) is 4.90 Å². The van der Waals surface area contributed by atoms with Crippen LogP contribution in [-0.2, 0) is 4.79 Å². The number of aryl methyl sites for hydroxylation is 2. The van der Waals surface area contributed by atoms with Crippen molar-refractivity contribution < 1.29 is 14.6 Å². The van der Waals surface area contributed by atoms with E-state index in [0.29, 0.717) is 6.54 Å². The molecule has 0 aromatic heterocycles. The zero-order valence-corrected chi connectivity index (χ0v) is 13.3. The van der Waals surface area contributed by atoms with Gasteiger partial charge in [0.25, 0.3) is 0 Å². The van der Waals surface area contributed by atoms with Crippen LogP contribution in [0.25, 0.3) is 0 Å². The summed E-state index contributed by atoms with van der Waals surface area (Å²) in [6, 6.07) is 6.05. The molecule has 21 heavy (non-hydrogen) atoms. The smallest absolute Gasteiger partial charge is 0.231 e. The minimum absolute atomic E-state index is 0.133. The van der Waals surface area contributed by atoms with Gasteiger partial charge < -0.3 is 15.6 Å². The summed E-state index contributed by atoms with van der Waals surface area (Å²) in [5.41, 5.74) is 7.43. The van der Waals surface area contributed by atoms with Crippen molar-refractivity contribution in [3.8, 4) is 5.75 Å². The lowest BCUT2D eigenvalue weighted by Crippen LogP contribution is -2.44. The van der Waals surface area contributed by atoms with Crippen LogP contribution in [0.5, 0.6) is 5.75 Å². The Bertz CT molecular complexity index is 475. The summed E-state index contributed by atoms with van der Waals surface area (Å²) in [5.74, 6) is 0.372. The fourth-order valence-electron chi connectivity index (χ4n) is 2.13. The van der Waals surface area contributed by atoms with Crippen LogP contribution >= 0.6 is 0 Å². The average Bonchev–Trinajstić information content (AvgIpc) is 2.36. The second-order valence-corrected chi connectivity index (χ2v) is 5.72. The second-order valence-electron chi connectivity index (χ2n) is 5.72. The van der Waals surface area contributed by atoms with Crippen LogP contribution in [0.4, 0.5) is 0 Å². The van der Waals surface area contributed by atoms with Crippen LogP contribution in [0.1, 0.15) is 25.0 Å². The van der Waals surface area contributed by atoms with Crippen LogP contribution in [0.3, 0.4) is 0 Å². The second kappa shape index (κ2) is 8.00. The van der Waals surface area contributed by atoms with Gasteiger partial charge in [-0.25, -0.2) is 0 Å². The van der Waals surface area contributed by atoms with Crippen LogP contribution in [0, 0.1) is 13.8 Å². The molecule has 0 aliphatic rings. The van der Waals surface area contributed by atoms with Crippen molar-refractivity contribution in [3.05, 3.63) is 29.3 Å². The number of carbonyl (C=O) groups is 1. The lowest BCUT2D eigenvalue weighted by molar-refractivity contribution is -0.120. The number of nitrogens with zero attached hydrogens (tertiary/aromatic N) is 1. The third kappa shape index (κ3) is 6.14. The normalized spacial score (nSPS) is 12.7. The Kier molecular flexibility index (Phi) is 6.65. The van der Waals surface area contributed by atoms with Gasteiger partial charge in [-0.3, -0.25) is 9.69 Å². The molecule has 0 heterocycles. The first-order chi connectivity index (χ1) is 9.79. The predicted octanol–water partition coefficient (Wildman–Crippen LogP) is 1.24. The number of aliphatic hydroxyl groups is 1. The molecule has 0 radical (unpaired) electrons. The van der Waals surface area contributed by atoms with E-state index in [4.69, 9.17) is 10.5 Å². The van der Waals surface area contributed by atoms with Gasteiger partial charge in [0.15, 0.2) is 0 Å². The Morgan fingerprint density at radius 1 is 1.38 bits per heavy atom. The van der Waals surface area contributed by atoms with Gasteiger partial charge in [-0.2, -0.15) is 0 Å². The number of ether oxygens (including phenoxy) is 1. The third-order valence-corrected chi connectivity index (χ3v) is 3.30. The molecule has 0 aliphatic heterocycles. The van der Waals surface area contributed by atoms with Crippen LogP contribution in [0.15, 0.2) is 18.2 Å². The maximum absolute atomic E-state index is 11.0. The van der Waals surface area contributed by atoms with Crippen LogP contribution in [-0.4, -0.2) is 47.8 Å². The molecule has 1 unspecified atom stereocenters. The van der Waals surface area contributed by atoms with Crippen molar-refractivity contribution in [2.45, 2.75) is 39.8 Å². The number of nitrogens with two attached hydrogens (primary N) is 1. The molecule has 1 aromatic rings. The van der Waals surface area contributed by atoms with Gasteiger partial charge in [0, 0.05) is 12.6 Å². The molecule has 0 fully saturated rings. The number of hydrogen-bond acceptors (Lipinski definition) is 4. The molecule has 5 nitrogen and oxygen atoms in total. The summed E-state index contributed by atoms with van der Waals surface area (Å²) in [4.78, 5) is 12.9. The zero-order chi connectivity index (χ0) is 16.0. The van der Waals surface area contributed by atoms with E-state index in [1.807, 2.05) is 50.8 Å². The SMILES string of the molecule is Cc1ccc(OCC(O)CN(CC(N)=O)C(C)C)c(C)c1. The van der Waals surface area contributed by atoms with E-state index in [9.17, 15) is 9.90 Å². The Labute approximate surface area is 126 Å². The van der Waals surface area contributed by atoms with Gasteiger partial charge in [-0.1, -0.05) is 17.7 Å². The van der Waals surface area contributed by atoms with Crippen molar-refractivity contribution >= 4 is 5.91 Å². The lowest BCUT2D eigenvalue weighted by atomic mass is 10.1. The van der Waals surface area contributed by atoms with Crippen molar-refractivity contribution in [3.63, 3.8) is 0 Å². The minimum atomic E-state index is -0.674. The van der Waals surface area contributed by atoms with Gasteiger partial charge in [0.1, 0.15) is 18.5 Å². The maximum Gasteiger partial charge on any atom is 0.231 e. The van der Waals surface area contributed by atoms with Gasteiger partial charge in [0.2, 0.25) is 5.91 Å². The first-order valence-electron chi connectivity index (χ1n) is 7.20. The molecule has 1 aromatic carbocycles. The van der Waals surface area contributed by atoms with Gasteiger partial charge in [-0.05, 0) is 39.3 Å². The average molecular weight is 294 g/mol. The summed E-state index contributed by atoms with van der Waals surface area (Å²) in [6.45, 7) is 8.59. The summed E-state index contributed by atoms with van der Waals surface area (Å²) in [6.07, 6.45) is -0.674. The highest BCUT2D eigenvalue weighted by Gasteiger charge is 2.17. The topological polar surface area (TPSA) is 75.8 Å². The Hall–Kier alpha value is -1.59. The zero-order valence-electron chi connectivity index (χ0n) is 13.3. The van der Waals surface area contributed by atoms with E-state index in [-0.39, 0.29) is 19.2 Å². The quantitative estimate of drug-likeness (QED) is 0.756. The molecule has 118 valence electrons. The van der Waals surface area contributed by atoms with E-state index in [0.717, 1.165) is 11.3 Å². The van der Waals surface area contributed by atoms with Gasteiger partial charge in [0.05, 0.1) is 6.54 Å². The monoisotopic (exact) mass is 294 g/mol. The molecule has 3 N–H and O–H groups in total. The summed E-state index contributed by atoms with van der Waals surface area (Å²) in [7, 11) is 0. The van der Waals surface area contributed by atoms with E-state index < -0.39 is 12.0 Å². The molecule has 0 saturated carbocycles. The first kappa shape index (κ1) is 17.5. The van der Waals surface area contributed by atoms with E-state index in [1.165, 1.54) is 5.56 Å². The standard InChI is InChI=1S/C16H26N2O3/c1-11(2)18(9-16(17)20)8-14(19)10-21-15-6-5-12(3)7-13(15)4/h5-7,11,14,19H,8-10H2,1-4H3,(H2,17,20). The molecule has 1 amide bonds. The molecule has 1 rings (SSSR count). The molecule has 5 heteroatoms. The molecule has 0 saturated heterocycles. The van der Waals surface area contributed by atoms with Crippen LogP contribution in [0.2, 0.25) is 0 Å². The number of amides is 1. The molecule has 0 aliphatic carbocycles. The fourth-order valence-corrected chi connectivity index (χ4v) is 2.13. The van der Waals surface area contributed by atoms with Gasteiger partial charge >= 0.3 is 0 Å². The summed E-state index contributed by atoms with van der Waals surface area (Å²) >= 11 is 0. The Balaban J connectivity index is 2.52.